The van der Waals surface area contributed by atoms with Crippen molar-refractivity contribution in [1.82, 2.24) is 5.32 Å². The van der Waals surface area contributed by atoms with Gasteiger partial charge in [-0.25, -0.2) is 13.2 Å². The van der Waals surface area contributed by atoms with Crippen molar-refractivity contribution < 1.29 is 18.3 Å². The number of rotatable bonds is 5. The van der Waals surface area contributed by atoms with Crippen LogP contribution in [-0.2, 0) is 5.60 Å². The molecule has 1 atom stereocenters. The highest BCUT2D eigenvalue weighted by Gasteiger charge is 2.28. The molecule has 5 heteroatoms. The minimum atomic E-state index is -1.58. The van der Waals surface area contributed by atoms with E-state index in [-0.39, 0.29) is 12.1 Å². The lowest BCUT2D eigenvalue weighted by atomic mass is 9.95. The van der Waals surface area contributed by atoms with Crippen LogP contribution in [0.4, 0.5) is 13.2 Å². The molecule has 0 aromatic heterocycles. The molecule has 0 saturated carbocycles. The van der Waals surface area contributed by atoms with Crippen molar-refractivity contribution in [3.8, 4) is 0 Å². The van der Waals surface area contributed by atoms with Gasteiger partial charge in [0.25, 0.3) is 0 Å². The normalized spacial score (nSPS) is 14.7. The third-order valence-electron chi connectivity index (χ3n) is 2.51. The first-order valence-corrected chi connectivity index (χ1v) is 5.47. The Hall–Kier alpha value is -1.07. The lowest BCUT2D eigenvalue weighted by molar-refractivity contribution is 0.0525. The van der Waals surface area contributed by atoms with E-state index in [0.29, 0.717) is 6.54 Å². The van der Waals surface area contributed by atoms with E-state index >= 15 is 0 Å². The van der Waals surface area contributed by atoms with Crippen molar-refractivity contribution in [2.45, 2.75) is 25.9 Å². The van der Waals surface area contributed by atoms with Crippen LogP contribution in [0.2, 0.25) is 0 Å². The summed E-state index contributed by atoms with van der Waals surface area (Å²) in [5.41, 5.74) is -1.83. The van der Waals surface area contributed by atoms with Gasteiger partial charge in [0.15, 0.2) is 17.5 Å². The van der Waals surface area contributed by atoms with E-state index < -0.39 is 23.1 Å². The Morgan fingerprint density at radius 3 is 2.47 bits per heavy atom. The molecular weight excluding hydrogens is 231 g/mol. The number of halogens is 3. The molecule has 0 aliphatic carbocycles. The van der Waals surface area contributed by atoms with Crippen molar-refractivity contribution in [1.29, 1.82) is 0 Å². The van der Waals surface area contributed by atoms with Gasteiger partial charge in [-0.15, -0.1) is 0 Å². The molecule has 0 saturated heterocycles. The first-order chi connectivity index (χ1) is 7.90. The van der Waals surface area contributed by atoms with E-state index in [2.05, 4.69) is 5.32 Å². The van der Waals surface area contributed by atoms with Gasteiger partial charge in [-0.3, -0.25) is 0 Å². The van der Waals surface area contributed by atoms with Gasteiger partial charge >= 0.3 is 0 Å². The zero-order chi connectivity index (χ0) is 13.1. The van der Waals surface area contributed by atoms with Crippen LogP contribution in [0, 0.1) is 17.5 Å². The molecule has 0 aliphatic heterocycles. The SMILES string of the molecule is CCCNCC(C)(O)c1ccc(F)c(F)c1F. The van der Waals surface area contributed by atoms with Gasteiger partial charge in [0.05, 0.1) is 0 Å². The Kier molecular flexibility index (Phi) is 4.54. The first-order valence-electron chi connectivity index (χ1n) is 5.47. The predicted molar refractivity (Wildman–Crippen MR) is 59.0 cm³/mol. The molecule has 1 aromatic rings. The highest BCUT2D eigenvalue weighted by Crippen LogP contribution is 2.25. The lowest BCUT2D eigenvalue weighted by Gasteiger charge is -2.25. The van der Waals surface area contributed by atoms with Gasteiger partial charge in [0.2, 0.25) is 0 Å². The number of nitrogens with one attached hydrogen (secondary N) is 1. The Labute approximate surface area is 98.5 Å². The summed E-state index contributed by atoms with van der Waals surface area (Å²) in [7, 11) is 0. The molecule has 2 nitrogen and oxygen atoms in total. The number of benzene rings is 1. The molecule has 1 aromatic carbocycles. The fourth-order valence-corrected chi connectivity index (χ4v) is 1.55. The summed E-state index contributed by atoms with van der Waals surface area (Å²) >= 11 is 0. The van der Waals surface area contributed by atoms with Crippen molar-refractivity contribution in [3.63, 3.8) is 0 Å². The van der Waals surface area contributed by atoms with E-state index in [1.165, 1.54) is 6.92 Å². The van der Waals surface area contributed by atoms with E-state index in [1.807, 2.05) is 6.92 Å². The number of aliphatic hydroxyl groups is 1. The third kappa shape index (κ3) is 3.20. The van der Waals surface area contributed by atoms with Crippen LogP contribution in [0.3, 0.4) is 0 Å². The van der Waals surface area contributed by atoms with Crippen LogP contribution in [0.15, 0.2) is 12.1 Å². The summed E-state index contributed by atoms with van der Waals surface area (Å²) in [5, 5.41) is 12.9. The second-order valence-electron chi connectivity index (χ2n) is 4.17. The third-order valence-corrected chi connectivity index (χ3v) is 2.51. The molecule has 2 N–H and O–H groups in total. The van der Waals surface area contributed by atoms with Crippen LogP contribution < -0.4 is 5.32 Å². The van der Waals surface area contributed by atoms with Gasteiger partial charge in [-0.05, 0) is 26.0 Å². The maximum Gasteiger partial charge on any atom is 0.194 e. The quantitative estimate of drug-likeness (QED) is 0.618. The standard InChI is InChI=1S/C12H16F3NO/c1-3-6-16-7-12(2,17)8-4-5-9(13)11(15)10(8)14/h4-5,16-17H,3,6-7H2,1-2H3. The molecule has 1 rings (SSSR count). The molecule has 0 spiro atoms. The zero-order valence-electron chi connectivity index (χ0n) is 9.86. The van der Waals surface area contributed by atoms with Crippen LogP contribution in [-0.4, -0.2) is 18.2 Å². The summed E-state index contributed by atoms with van der Waals surface area (Å²) < 4.78 is 39.2. The average Bonchev–Trinajstić information content (AvgIpc) is 2.26. The van der Waals surface area contributed by atoms with Gasteiger partial charge < -0.3 is 10.4 Å². The van der Waals surface area contributed by atoms with Gasteiger partial charge in [0.1, 0.15) is 5.60 Å². The number of hydrogen-bond acceptors (Lipinski definition) is 2. The molecule has 0 fully saturated rings. The monoisotopic (exact) mass is 247 g/mol. The van der Waals surface area contributed by atoms with Crippen LogP contribution in [0.5, 0.6) is 0 Å². The molecule has 0 aliphatic rings. The molecule has 0 heterocycles. The molecule has 1 unspecified atom stereocenters. The fraction of sp³-hybridized carbons (Fsp3) is 0.500. The Morgan fingerprint density at radius 1 is 1.24 bits per heavy atom. The summed E-state index contributed by atoms with van der Waals surface area (Å²) in [6, 6.07) is 1.86. The zero-order valence-corrected chi connectivity index (χ0v) is 9.86. The molecule has 0 bridgehead atoms. The molecule has 0 radical (unpaired) electrons. The first kappa shape index (κ1) is 14.0. The van der Waals surface area contributed by atoms with E-state index in [4.69, 9.17) is 0 Å². The second kappa shape index (κ2) is 5.51. The topological polar surface area (TPSA) is 32.3 Å². The largest absolute Gasteiger partial charge is 0.384 e. The molecular formula is C12H16F3NO. The molecule has 17 heavy (non-hydrogen) atoms. The van der Waals surface area contributed by atoms with E-state index in [0.717, 1.165) is 18.6 Å². The molecule has 0 amide bonds. The Bertz CT molecular complexity index is 394. The molecule has 96 valence electrons. The summed E-state index contributed by atoms with van der Waals surface area (Å²) in [5.74, 6) is -4.16. The minimum Gasteiger partial charge on any atom is -0.384 e. The predicted octanol–water partition coefficient (Wildman–Crippen LogP) is 2.31. The highest BCUT2D eigenvalue weighted by atomic mass is 19.2. The minimum absolute atomic E-state index is 0.0723. The summed E-state index contributed by atoms with van der Waals surface area (Å²) in [6.45, 7) is 4.02. The van der Waals surface area contributed by atoms with Crippen molar-refractivity contribution >= 4 is 0 Å². The van der Waals surface area contributed by atoms with Crippen molar-refractivity contribution in [2.75, 3.05) is 13.1 Å². The lowest BCUT2D eigenvalue weighted by Crippen LogP contribution is -2.36. The van der Waals surface area contributed by atoms with Crippen LogP contribution in [0.1, 0.15) is 25.8 Å². The highest BCUT2D eigenvalue weighted by molar-refractivity contribution is 5.26. The maximum atomic E-state index is 13.5. The summed E-state index contributed by atoms with van der Waals surface area (Å²) in [6.07, 6.45) is 0.857. The van der Waals surface area contributed by atoms with Crippen molar-refractivity contribution in [3.05, 3.63) is 35.1 Å². The summed E-state index contributed by atoms with van der Waals surface area (Å²) in [4.78, 5) is 0. The van der Waals surface area contributed by atoms with Crippen LogP contribution in [0.25, 0.3) is 0 Å². The maximum absolute atomic E-state index is 13.5. The smallest absolute Gasteiger partial charge is 0.194 e. The Morgan fingerprint density at radius 2 is 1.88 bits per heavy atom. The average molecular weight is 247 g/mol. The van der Waals surface area contributed by atoms with E-state index in [9.17, 15) is 18.3 Å². The van der Waals surface area contributed by atoms with Gasteiger partial charge in [-0.1, -0.05) is 13.0 Å². The number of hydrogen-bond donors (Lipinski definition) is 2. The van der Waals surface area contributed by atoms with Crippen LogP contribution >= 0.6 is 0 Å². The second-order valence-corrected chi connectivity index (χ2v) is 4.17. The fourth-order valence-electron chi connectivity index (χ4n) is 1.55. The van der Waals surface area contributed by atoms with Gasteiger partial charge in [0, 0.05) is 12.1 Å². The van der Waals surface area contributed by atoms with E-state index in [1.54, 1.807) is 0 Å². The Balaban J connectivity index is 2.94. The van der Waals surface area contributed by atoms with Gasteiger partial charge in [-0.2, -0.15) is 0 Å². The van der Waals surface area contributed by atoms with Crippen molar-refractivity contribution in [2.24, 2.45) is 0 Å².